The number of rotatable bonds is 7. The van der Waals surface area contributed by atoms with Crippen LogP contribution in [0.5, 0.6) is 0 Å². The number of amides is 2. The van der Waals surface area contributed by atoms with E-state index >= 15 is 0 Å². The van der Waals surface area contributed by atoms with Gasteiger partial charge in [0, 0.05) is 26.2 Å². The maximum Gasteiger partial charge on any atom is 0.317 e. The van der Waals surface area contributed by atoms with Crippen molar-refractivity contribution in [2.75, 3.05) is 26.2 Å². The number of nitrogens with one attached hydrogen (secondary N) is 1. The first-order valence-electron chi connectivity index (χ1n) is 8.99. The van der Waals surface area contributed by atoms with E-state index in [0.29, 0.717) is 38.4 Å². The van der Waals surface area contributed by atoms with Gasteiger partial charge in [0.2, 0.25) is 0 Å². The summed E-state index contributed by atoms with van der Waals surface area (Å²) in [6.07, 6.45) is 7.26. The van der Waals surface area contributed by atoms with Crippen LogP contribution in [0.15, 0.2) is 0 Å². The highest BCUT2D eigenvalue weighted by atomic mass is 16.5. The molecule has 0 bridgehead atoms. The molecule has 2 rings (SSSR count). The van der Waals surface area contributed by atoms with Crippen LogP contribution in [0, 0.1) is 11.8 Å². The summed E-state index contributed by atoms with van der Waals surface area (Å²) >= 11 is 0. The third-order valence-corrected chi connectivity index (χ3v) is 5.14. The number of piperidine rings is 1. The van der Waals surface area contributed by atoms with Crippen LogP contribution in [0.4, 0.5) is 4.79 Å². The summed E-state index contributed by atoms with van der Waals surface area (Å²) in [7, 11) is 0. The van der Waals surface area contributed by atoms with Crippen molar-refractivity contribution in [2.24, 2.45) is 11.8 Å². The lowest BCUT2D eigenvalue weighted by Gasteiger charge is -2.30. The highest BCUT2D eigenvalue weighted by Crippen LogP contribution is 2.30. The molecule has 23 heavy (non-hydrogen) atoms. The summed E-state index contributed by atoms with van der Waals surface area (Å²) in [5, 5.41) is 12.0. The Morgan fingerprint density at radius 3 is 2.43 bits per heavy atom. The van der Waals surface area contributed by atoms with Crippen molar-refractivity contribution < 1.29 is 19.4 Å². The van der Waals surface area contributed by atoms with Gasteiger partial charge in [0.1, 0.15) is 0 Å². The van der Waals surface area contributed by atoms with Crippen molar-refractivity contribution in [3.8, 4) is 0 Å². The number of carboxylic acids is 1. The maximum atomic E-state index is 12.2. The molecular formula is C17H30N2O4. The zero-order valence-corrected chi connectivity index (χ0v) is 14.1. The largest absolute Gasteiger partial charge is 0.481 e. The fourth-order valence-corrected chi connectivity index (χ4v) is 3.76. The molecular weight excluding hydrogens is 296 g/mol. The summed E-state index contributed by atoms with van der Waals surface area (Å²) in [6, 6.07) is -0.0736. The highest BCUT2D eigenvalue weighted by molar-refractivity contribution is 5.75. The Morgan fingerprint density at radius 1 is 1.22 bits per heavy atom. The number of urea groups is 1. The van der Waals surface area contributed by atoms with Crippen LogP contribution < -0.4 is 5.32 Å². The van der Waals surface area contributed by atoms with E-state index in [0.717, 1.165) is 13.0 Å². The minimum absolute atomic E-state index is 0.0736. The smallest absolute Gasteiger partial charge is 0.317 e. The average molecular weight is 326 g/mol. The van der Waals surface area contributed by atoms with Crippen LogP contribution in [-0.4, -0.2) is 54.4 Å². The Bertz CT molecular complexity index is 388. The quantitative estimate of drug-likeness (QED) is 0.753. The van der Waals surface area contributed by atoms with E-state index in [1.165, 1.54) is 25.7 Å². The van der Waals surface area contributed by atoms with E-state index in [2.05, 4.69) is 5.32 Å². The van der Waals surface area contributed by atoms with E-state index in [-0.39, 0.29) is 18.1 Å². The van der Waals surface area contributed by atoms with E-state index in [1.54, 1.807) is 4.90 Å². The molecule has 2 fully saturated rings. The predicted molar refractivity (Wildman–Crippen MR) is 87.3 cm³/mol. The normalized spacial score (nSPS) is 21.3. The van der Waals surface area contributed by atoms with Crippen LogP contribution in [0.1, 0.15) is 51.9 Å². The Hall–Kier alpha value is -1.30. The Morgan fingerprint density at radius 2 is 1.87 bits per heavy atom. The predicted octanol–water partition coefficient (Wildman–Crippen LogP) is 2.48. The molecule has 2 aliphatic rings. The van der Waals surface area contributed by atoms with Crippen molar-refractivity contribution in [3.63, 3.8) is 0 Å². The van der Waals surface area contributed by atoms with Gasteiger partial charge in [-0.1, -0.05) is 12.8 Å². The maximum absolute atomic E-state index is 12.2. The topological polar surface area (TPSA) is 78.9 Å². The SMILES string of the molecule is CCOC(CCNC(=O)N1CCC(C(=O)O)CC1)C1CCCC1. The molecule has 6 heteroatoms. The minimum Gasteiger partial charge on any atom is -0.481 e. The molecule has 1 unspecified atom stereocenters. The Balaban J connectivity index is 1.68. The van der Waals surface area contributed by atoms with Gasteiger partial charge in [-0.05, 0) is 44.9 Å². The van der Waals surface area contributed by atoms with E-state index in [1.807, 2.05) is 6.92 Å². The Labute approximate surface area is 138 Å². The van der Waals surface area contributed by atoms with Gasteiger partial charge in [0.15, 0.2) is 0 Å². The van der Waals surface area contributed by atoms with Gasteiger partial charge in [-0.2, -0.15) is 0 Å². The summed E-state index contributed by atoms with van der Waals surface area (Å²) < 4.78 is 5.86. The first kappa shape index (κ1) is 18.0. The van der Waals surface area contributed by atoms with Crippen LogP contribution in [-0.2, 0) is 9.53 Å². The van der Waals surface area contributed by atoms with E-state index in [9.17, 15) is 9.59 Å². The number of hydrogen-bond acceptors (Lipinski definition) is 3. The summed E-state index contributed by atoms with van der Waals surface area (Å²) in [6.45, 7) is 4.42. The number of carbonyl (C=O) groups excluding carboxylic acids is 1. The second-order valence-corrected chi connectivity index (χ2v) is 6.66. The van der Waals surface area contributed by atoms with E-state index in [4.69, 9.17) is 9.84 Å². The van der Waals surface area contributed by atoms with Gasteiger partial charge in [-0.3, -0.25) is 4.79 Å². The molecule has 1 saturated carbocycles. The number of carboxylic acid groups (broad SMARTS) is 1. The second-order valence-electron chi connectivity index (χ2n) is 6.66. The Kier molecular flexibility index (Phi) is 7.15. The van der Waals surface area contributed by atoms with Crippen molar-refractivity contribution >= 4 is 12.0 Å². The highest BCUT2D eigenvalue weighted by Gasteiger charge is 2.28. The molecule has 0 radical (unpaired) electrons. The lowest BCUT2D eigenvalue weighted by Crippen LogP contribution is -2.46. The third-order valence-electron chi connectivity index (χ3n) is 5.14. The number of ether oxygens (including phenoxy) is 1. The van der Waals surface area contributed by atoms with Gasteiger partial charge in [0.05, 0.1) is 12.0 Å². The van der Waals surface area contributed by atoms with Gasteiger partial charge < -0.3 is 20.1 Å². The third kappa shape index (κ3) is 5.37. The number of likely N-dealkylation sites (tertiary alicyclic amines) is 1. The van der Waals surface area contributed by atoms with Gasteiger partial charge in [-0.15, -0.1) is 0 Å². The van der Waals surface area contributed by atoms with Crippen LogP contribution in [0.2, 0.25) is 0 Å². The summed E-state index contributed by atoms with van der Waals surface area (Å²) in [5.41, 5.74) is 0. The fraction of sp³-hybridized carbons (Fsp3) is 0.882. The summed E-state index contributed by atoms with van der Waals surface area (Å²) in [4.78, 5) is 24.8. The monoisotopic (exact) mass is 326 g/mol. The first-order valence-corrected chi connectivity index (χ1v) is 8.99. The molecule has 1 saturated heterocycles. The molecule has 2 amide bonds. The lowest BCUT2D eigenvalue weighted by molar-refractivity contribution is -0.143. The molecule has 0 aromatic heterocycles. The zero-order valence-electron chi connectivity index (χ0n) is 14.1. The van der Waals surface area contributed by atoms with Gasteiger partial charge in [-0.25, -0.2) is 4.79 Å². The molecule has 0 aromatic carbocycles. The van der Waals surface area contributed by atoms with Gasteiger partial charge in [0.25, 0.3) is 0 Å². The minimum atomic E-state index is -0.749. The van der Waals surface area contributed by atoms with Gasteiger partial charge >= 0.3 is 12.0 Å². The molecule has 132 valence electrons. The molecule has 2 N–H and O–H groups in total. The standard InChI is InChI=1S/C17H30N2O4/c1-2-23-15(13-5-3-4-6-13)7-10-18-17(22)19-11-8-14(9-12-19)16(20)21/h13-15H,2-12H2,1H3,(H,18,22)(H,20,21). The fourth-order valence-electron chi connectivity index (χ4n) is 3.76. The van der Waals surface area contributed by atoms with Crippen molar-refractivity contribution in [1.29, 1.82) is 0 Å². The van der Waals surface area contributed by atoms with Crippen molar-refractivity contribution in [1.82, 2.24) is 10.2 Å². The molecule has 0 aromatic rings. The van der Waals surface area contributed by atoms with Crippen LogP contribution in [0.3, 0.4) is 0 Å². The zero-order chi connectivity index (χ0) is 16.7. The molecule has 1 heterocycles. The molecule has 6 nitrogen and oxygen atoms in total. The second kappa shape index (κ2) is 9.11. The molecule has 1 aliphatic heterocycles. The molecule has 1 atom stereocenters. The average Bonchev–Trinajstić information content (AvgIpc) is 3.08. The number of carbonyl (C=O) groups is 2. The number of aliphatic carboxylic acids is 1. The molecule has 1 aliphatic carbocycles. The van der Waals surface area contributed by atoms with Crippen molar-refractivity contribution in [2.45, 2.75) is 58.0 Å². The van der Waals surface area contributed by atoms with Crippen LogP contribution >= 0.6 is 0 Å². The molecule has 0 spiro atoms. The first-order chi connectivity index (χ1) is 11.1. The van der Waals surface area contributed by atoms with Crippen molar-refractivity contribution in [3.05, 3.63) is 0 Å². The number of hydrogen-bond donors (Lipinski definition) is 2. The van der Waals surface area contributed by atoms with E-state index < -0.39 is 5.97 Å². The lowest BCUT2D eigenvalue weighted by atomic mass is 9.97. The number of nitrogens with zero attached hydrogens (tertiary/aromatic N) is 1. The summed E-state index contributed by atoms with van der Waals surface area (Å²) in [5.74, 6) is -0.414. The van der Waals surface area contributed by atoms with Crippen LogP contribution in [0.25, 0.3) is 0 Å².